The molecule has 1 heterocycles. The van der Waals surface area contributed by atoms with Crippen molar-refractivity contribution in [3.05, 3.63) is 17.0 Å². The molecule has 1 aromatic heterocycles. The Hall–Kier alpha value is -2.29. The van der Waals surface area contributed by atoms with Gasteiger partial charge < -0.3 is 25.4 Å². The Morgan fingerprint density at radius 1 is 1.23 bits per heavy atom. The Balaban J connectivity index is 2.50. The summed E-state index contributed by atoms with van der Waals surface area (Å²) in [4.78, 5) is 36.3. The van der Waals surface area contributed by atoms with E-state index in [1.807, 2.05) is 0 Å². The van der Waals surface area contributed by atoms with Crippen LogP contribution in [0.25, 0.3) is 0 Å². The van der Waals surface area contributed by atoms with Gasteiger partial charge in [-0.15, -0.1) is 11.3 Å². The van der Waals surface area contributed by atoms with Crippen LogP contribution >= 0.6 is 11.3 Å². The highest BCUT2D eigenvalue weighted by molar-refractivity contribution is 7.17. The molecule has 0 spiro atoms. The molecule has 0 aromatic carbocycles. The van der Waals surface area contributed by atoms with E-state index < -0.39 is 23.7 Å². The lowest BCUT2D eigenvalue weighted by atomic mass is 10.1. The van der Waals surface area contributed by atoms with E-state index in [1.54, 1.807) is 40.0 Å². The van der Waals surface area contributed by atoms with Gasteiger partial charge in [-0.25, -0.2) is 9.59 Å². The zero-order valence-corrected chi connectivity index (χ0v) is 16.6. The minimum absolute atomic E-state index is 0.321. The molecule has 0 unspecified atom stereocenters. The summed E-state index contributed by atoms with van der Waals surface area (Å²) in [5, 5.41) is 9.09. The van der Waals surface area contributed by atoms with Gasteiger partial charge in [-0.3, -0.25) is 4.79 Å². The lowest BCUT2D eigenvalue weighted by molar-refractivity contribution is -0.143. The van der Waals surface area contributed by atoms with Gasteiger partial charge >= 0.3 is 12.1 Å². The maximum absolute atomic E-state index is 12.3. The summed E-state index contributed by atoms with van der Waals surface area (Å²) in [5.74, 6) is -0.868. The van der Waals surface area contributed by atoms with Crippen molar-refractivity contribution >= 4 is 34.3 Å². The van der Waals surface area contributed by atoms with Crippen LogP contribution in [-0.2, 0) is 14.3 Å². The Kier molecular flexibility index (Phi) is 8.37. The lowest BCUT2D eigenvalue weighted by Crippen LogP contribution is -2.42. The Labute approximate surface area is 157 Å². The fraction of sp³-hybridized carbons (Fsp3) is 0.588. The number of carbonyl (C=O) groups is 3. The van der Waals surface area contributed by atoms with E-state index in [4.69, 9.17) is 9.47 Å². The molecule has 0 radical (unpaired) electrons. The largest absolute Gasteiger partial charge is 0.467 e. The van der Waals surface area contributed by atoms with Gasteiger partial charge in [0.1, 0.15) is 11.6 Å². The first-order valence-corrected chi connectivity index (χ1v) is 9.11. The number of hydrogen-bond donors (Lipinski definition) is 3. The first-order valence-electron chi connectivity index (χ1n) is 8.29. The first-order chi connectivity index (χ1) is 12.2. The summed E-state index contributed by atoms with van der Waals surface area (Å²) in [6.45, 7) is 5.65. The molecule has 0 saturated heterocycles. The number of alkyl carbamates (subject to hydrolysis) is 1. The summed E-state index contributed by atoms with van der Waals surface area (Å²) < 4.78 is 9.88. The van der Waals surface area contributed by atoms with Crippen molar-refractivity contribution in [2.75, 3.05) is 26.0 Å². The molecule has 26 heavy (non-hydrogen) atoms. The molecule has 3 N–H and O–H groups in total. The zero-order valence-electron chi connectivity index (χ0n) is 15.8. The molecular weight excluding hydrogens is 358 g/mol. The number of ether oxygens (including phenoxy) is 2. The number of carbonyl (C=O) groups excluding carboxylic acids is 3. The molecule has 1 rings (SSSR count). The third kappa shape index (κ3) is 7.73. The second kappa shape index (κ2) is 10.0. The fourth-order valence-electron chi connectivity index (χ4n) is 2.03. The van der Waals surface area contributed by atoms with Gasteiger partial charge in [-0.2, -0.15) is 0 Å². The van der Waals surface area contributed by atoms with Gasteiger partial charge in [0.15, 0.2) is 0 Å². The molecule has 0 aliphatic heterocycles. The SMILES string of the molecule is CNc1ccc(C(=O)N[C@@H](CCCNC(=O)OC(C)(C)C)C(=O)OC)s1. The summed E-state index contributed by atoms with van der Waals surface area (Å²) in [7, 11) is 3.03. The average molecular weight is 385 g/mol. The third-order valence-corrected chi connectivity index (χ3v) is 4.31. The van der Waals surface area contributed by atoms with Crippen molar-refractivity contribution in [2.24, 2.45) is 0 Å². The standard InChI is InChI=1S/C17H27N3O5S/c1-17(2,3)25-16(23)19-10-6-7-11(15(22)24-5)20-14(21)12-8-9-13(18-4)26-12/h8-9,11,18H,6-7,10H2,1-5H3,(H,19,23)(H,20,21)/t11-/m0/s1. The molecule has 8 nitrogen and oxygen atoms in total. The normalized spacial score (nSPS) is 12.0. The Morgan fingerprint density at radius 2 is 1.92 bits per heavy atom. The van der Waals surface area contributed by atoms with Gasteiger partial charge in [-0.1, -0.05) is 0 Å². The Bertz CT molecular complexity index is 624. The van der Waals surface area contributed by atoms with E-state index in [0.717, 1.165) is 5.00 Å². The van der Waals surface area contributed by atoms with E-state index in [1.165, 1.54) is 18.4 Å². The van der Waals surface area contributed by atoms with Crippen LogP contribution in [0, 0.1) is 0 Å². The van der Waals surface area contributed by atoms with E-state index in [2.05, 4.69) is 16.0 Å². The Morgan fingerprint density at radius 3 is 2.46 bits per heavy atom. The fourth-order valence-corrected chi connectivity index (χ4v) is 2.79. The number of anilines is 1. The van der Waals surface area contributed by atoms with Crippen LogP contribution in [0.1, 0.15) is 43.3 Å². The van der Waals surface area contributed by atoms with Crippen LogP contribution < -0.4 is 16.0 Å². The molecule has 0 saturated carbocycles. The van der Waals surface area contributed by atoms with Crippen molar-refractivity contribution in [1.29, 1.82) is 0 Å². The van der Waals surface area contributed by atoms with Gasteiger partial charge in [0, 0.05) is 13.6 Å². The number of nitrogens with one attached hydrogen (secondary N) is 3. The molecule has 1 atom stereocenters. The number of hydrogen-bond acceptors (Lipinski definition) is 7. The van der Waals surface area contributed by atoms with Crippen LogP contribution in [0.15, 0.2) is 12.1 Å². The molecule has 0 aliphatic rings. The van der Waals surface area contributed by atoms with Crippen molar-refractivity contribution < 1.29 is 23.9 Å². The van der Waals surface area contributed by atoms with Crippen molar-refractivity contribution in [1.82, 2.24) is 10.6 Å². The van der Waals surface area contributed by atoms with Gasteiger partial charge in [-0.05, 0) is 45.7 Å². The molecule has 146 valence electrons. The molecule has 0 aliphatic carbocycles. The highest BCUT2D eigenvalue weighted by atomic mass is 32.1. The van der Waals surface area contributed by atoms with E-state index in [0.29, 0.717) is 24.3 Å². The maximum atomic E-state index is 12.3. The van der Waals surface area contributed by atoms with E-state index >= 15 is 0 Å². The molecule has 1 aromatic rings. The minimum Gasteiger partial charge on any atom is -0.467 e. The predicted octanol–water partition coefficient (Wildman–Crippen LogP) is 2.37. The monoisotopic (exact) mass is 385 g/mol. The molecule has 9 heteroatoms. The summed E-state index contributed by atoms with van der Waals surface area (Å²) >= 11 is 1.29. The van der Waals surface area contributed by atoms with Crippen molar-refractivity contribution in [2.45, 2.75) is 45.3 Å². The first kappa shape index (κ1) is 21.8. The second-order valence-corrected chi connectivity index (χ2v) is 7.62. The number of amides is 2. The zero-order chi connectivity index (χ0) is 19.7. The van der Waals surface area contributed by atoms with E-state index in [9.17, 15) is 14.4 Å². The molecular formula is C17H27N3O5S. The number of methoxy groups -OCH3 is 1. The van der Waals surface area contributed by atoms with Gasteiger partial charge in [0.25, 0.3) is 5.91 Å². The number of rotatable bonds is 8. The second-order valence-electron chi connectivity index (χ2n) is 6.53. The van der Waals surface area contributed by atoms with Crippen LogP contribution in [0.2, 0.25) is 0 Å². The van der Waals surface area contributed by atoms with E-state index in [-0.39, 0.29) is 5.91 Å². The smallest absolute Gasteiger partial charge is 0.407 e. The van der Waals surface area contributed by atoms with Crippen molar-refractivity contribution in [3.8, 4) is 0 Å². The molecule has 0 bridgehead atoms. The highest BCUT2D eigenvalue weighted by Crippen LogP contribution is 2.21. The third-order valence-electron chi connectivity index (χ3n) is 3.21. The van der Waals surface area contributed by atoms with Crippen LogP contribution in [0.4, 0.5) is 9.80 Å². The topological polar surface area (TPSA) is 106 Å². The van der Waals surface area contributed by atoms with Gasteiger partial charge in [0.2, 0.25) is 0 Å². The number of thiophene rings is 1. The van der Waals surface area contributed by atoms with Crippen molar-refractivity contribution in [3.63, 3.8) is 0 Å². The maximum Gasteiger partial charge on any atom is 0.407 e. The predicted molar refractivity (Wildman–Crippen MR) is 101 cm³/mol. The minimum atomic E-state index is -0.784. The van der Waals surface area contributed by atoms with Crippen LogP contribution in [0.5, 0.6) is 0 Å². The van der Waals surface area contributed by atoms with Crippen LogP contribution in [-0.4, -0.2) is 50.3 Å². The highest BCUT2D eigenvalue weighted by Gasteiger charge is 2.23. The summed E-state index contributed by atoms with van der Waals surface area (Å²) in [6, 6.07) is 2.69. The molecule has 2 amide bonds. The number of esters is 1. The van der Waals surface area contributed by atoms with Gasteiger partial charge in [0.05, 0.1) is 17.0 Å². The van der Waals surface area contributed by atoms with Crippen LogP contribution in [0.3, 0.4) is 0 Å². The summed E-state index contributed by atoms with van der Waals surface area (Å²) in [5.41, 5.74) is -0.570. The average Bonchev–Trinajstić information content (AvgIpc) is 3.04. The summed E-state index contributed by atoms with van der Waals surface area (Å²) in [6.07, 6.45) is 0.290. The lowest BCUT2D eigenvalue weighted by Gasteiger charge is -2.20. The quantitative estimate of drug-likeness (QED) is 0.469. The molecule has 0 fully saturated rings.